The van der Waals surface area contributed by atoms with Crippen molar-refractivity contribution in [2.75, 3.05) is 12.4 Å². The molecular weight excluding hydrogens is 248 g/mol. The van der Waals surface area contributed by atoms with Crippen molar-refractivity contribution in [1.29, 1.82) is 0 Å². The van der Waals surface area contributed by atoms with E-state index in [2.05, 4.69) is 38.5 Å². The van der Waals surface area contributed by atoms with Crippen LogP contribution in [0, 0.1) is 0 Å². The fourth-order valence-corrected chi connectivity index (χ4v) is 2.89. The van der Waals surface area contributed by atoms with E-state index in [1.165, 1.54) is 30.4 Å². The van der Waals surface area contributed by atoms with Crippen molar-refractivity contribution in [2.45, 2.75) is 19.3 Å². The number of anilines is 1. The van der Waals surface area contributed by atoms with Gasteiger partial charge in [0.2, 0.25) is 0 Å². The van der Waals surface area contributed by atoms with Crippen molar-refractivity contribution in [1.82, 2.24) is 15.0 Å². The molecular formula is C16H16N4. The van der Waals surface area contributed by atoms with E-state index in [0.29, 0.717) is 0 Å². The second-order valence-electron chi connectivity index (χ2n) is 5.24. The molecule has 2 heterocycles. The summed E-state index contributed by atoms with van der Waals surface area (Å²) in [6.45, 7) is 0. The van der Waals surface area contributed by atoms with Gasteiger partial charge in [0.1, 0.15) is 11.6 Å². The first-order chi connectivity index (χ1) is 9.83. The Balaban J connectivity index is 1.81. The van der Waals surface area contributed by atoms with Crippen LogP contribution in [0.2, 0.25) is 0 Å². The third-order valence-corrected chi connectivity index (χ3v) is 3.97. The number of pyridine rings is 1. The summed E-state index contributed by atoms with van der Waals surface area (Å²) < 4.78 is 0. The lowest BCUT2D eigenvalue weighted by Crippen LogP contribution is -1.91. The molecule has 1 aromatic carbocycles. The Morgan fingerprint density at radius 1 is 1.05 bits per heavy atom. The zero-order chi connectivity index (χ0) is 13.5. The summed E-state index contributed by atoms with van der Waals surface area (Å²) in [5.41, 5.74) is 5.83. The maximum Gasteiger partial charge on any atom is 0.180 e. The molecule has 0 spiro atoms. The van der Waals surface area contributed by atoms with Gasteiger partial charge in [-0.1, -0.05) is 12.1 Å². The van der Waals surface area contributed by atoms with Crippen molar-refractivity contribution in [3.05, 3.63) is 41.5 Å². The maximum atomic E-state index is 4.61. The Bertz CT molecular complexity index is 788. The molecule has 4 rings (SSSR count). The summed E-state index contributed by atoms with van der Waals surface area (Å²) in [4.78, 5) is 12.4. The number of nitrogens with zero attached hydrogens (tertiary/aromatic N) is 2. The third-order valence-electron chi connectivity index (χ3n) is 3.97. The molecule has 4 heteroatoms. The van der Waals surface area contributed by atoms with Gasteiger partial charge in [0.25, 0.3) is 0 Å². The molecule has 0 atom stereocenters. The topological polar surface area (TPSA) is 53.6 Å². The first-order valence-electron chi connectivity index (χ1n) is 7.00. The van der Waals surface area contributed by atoms with Crippen molar-refractivity contribution in [2.24, 2.45) is 0 Å². The first kappa shape index (κ1) is 11.5. The van der Waals surface area contributed by atoms with Crippen LogP contribution in [0.1, 0.15) is 17.5 Å². The monoisotopic (exact) mass is 264 g/mol. The lowest BCUT2D eigenvalue weighted by atomic mass is 10.1. The average molecular weight is 264 g/mol. The first-order valence-corrected chi connectivity index (χ1v) is 7.00. The molecule has 1 aliphatic rings. The minimum absolute atomic E-state index is 0.757. The number of H-pyrrole nitrogens is 1. The fraction of sp³-hybridized carbons (Fsp3) is 0.250. The summed E-state index contributed by atoms with van der Waals surface area (Å²) >= 11 is 0. The molecule has 0 fully saturated rings. The molecule has 0 aliphatic heterocycles. The van der Waals surface area contributed by atoms with Gasteiger partial charge in [-0.2, -0.15) is 0 Å². The minimum atomic E-state index is 0.757. The molecule has 4 nitrogen and oxygen atoms in total. The van der Waals surface area contributed by atoms with Crippen LogP contribution < -0.4 is 5.32 Å². The Kier molecular flexibility index (Phi) is 2.49. The number of nitrogens with one attached hydrogen (secondary N) is 2. The quantitative estimate of drug-likeness (QED) is 0.747. The van der Waals surface area contributed by atoms with Gasteiger partial charge < -0.3 is 10.3 Å². The van der Waals surface area contributed by atoms with Gasteiger partial charge in [-0.25, -0.2) is 9.97 Å². The lowest BCUT2D eigenvalue weighted by molar-refractivity contribution is 0.912. The van der Waals surface area contributed by atoms with Crippen LogP contribution in [-0.4, -0.2) is 22.0 Å². The van der Waals surface area contributed by atoms with E-state index in [1.807, 2.05) is 19.2 Å². The van der Waals surface area contributed by atoms with Crippen molar-refractivity contribution in [3.8, 4) is 11.4 Å². The number of imidazole rings is 1. The number of fused-ring (bicyclic) bond motifs is 2. The fourth-order valence-electron chi connectivity index (χ4n) is 2.89. The molecule has 20 heavy (non-hydrogen) atoms. The predicted molar refractivity (Wildman–Crippen MR) is 80.9 cm³/mol. The second kappa shape index (κ2) is 4.34. The number of hydrogen-bond donors (Lipinski definition) is 2. The van der Waals surface area contributed by atoms with Crippen LogP contribution in [0.5, 0.6) is 0 Å². The number of aromatic amines is 1. The van der Waals surface area contributed by atoms with Crippen molar-refractivity contribution in [3.63, 3.8) is 0 Å². The van der Waals surface area contributed by atoms with Crippen LogP contribution in [-0.2, 0) is 12.8 Å². The highest BCUT2D eigenvalue weighted by molar-refractivity contribution is 5.77. The van der Waals surface area contributed by atoms with Crippen LogP contribution in [0.3, 0.4) is 0 Å². The molecule has 3 aromatic rings. The standard InChI is InChI=1S/C16H16N4/c1-17-14-8-7-13-16(19-14)20-15(18-13)12-6-5-10-3-2-4-11(10)9-12/h5-9H,2-4H2,1H3,(H2,17,18,19,20). The Labute approximate surface area is 117 Å². The molecule has 0 saturated heterocycles. The largest absolute Gasteiger partial charge is 0.373 e. The van der Waals surface area contributed by atoms with E-state index in [9.17, 15) is 0 Å². The Morgan fingerprint density at radius 3 is 2.85 bits per heavy atom. The Morgan fingerprint density at radius 2 is 1.95 bits per heavy atom. The average Bonchev–Trinajstić information content (AvgIpc) is 3.11. The molecule has 2 aromatic heterocycles. The van der Waals surface area contributed by atoms with Gasteiger partial charge in [-0.15, -0.1) is 0 Å². The van der Waals surface area contributed by atoms with Crippen LogP contribution in [0.25, 0.3) is 22.6 Å². The second-order valence-corrected chi connectivity index (χ2v) is 5.24. The van der Waals surface area contributed by atoms with Gasteiger partial charge in [-0.05, 0) is 48.6 Å². The molecule has 0 unspecified atom stereocenters. The molecule has 0 bridgehead atoms. The zero-order valence-corrected chi connectivity index (χ0v) is 11.4. The number of benzene rings is 1. The lowest BCUT2D eigenvalue weighted by Gasteiger charge is -2.01. The van der Waals surface area contributed by atoms with Gasteiger partial charge in [0.05, 0.1) is 5.52 Å². The molecule has 0 radical (unpaired) electrons. The van der Waals surface area contributed by atoms with Gasteiger partial charge in [-0.3, -0.25) is 0 Å². The third kappa shape index (κ3) is 1.76. The molecule has 1 aliphatic carbocycles. The number of rotatable bonds is 2. The van der Waals surface area contributed by atoms with E-state index in [-0.39, 0.29) is 0 Å². The molecule has 100 valence electrons. The molecule has 0 saturated carbocycles. The molecule has 0 amide bonds. The molecule has 2 N–H and O–H groups in total. The highest BCUT2D eigenvalue weighted by atomic mass is 15.0. The van der Waals surface area contributed by atoms with E-state index in [1.54, 1.807) is 0 Å². The van der Waals surface area contributed by atoms with E-state index in [4.69, 9.17) is 0 Å². The summed E-state index contributed by atoms with van der Waals surface area (Å²) in [5, 5.41) is 3.04. The van der Waals surface area contributed by atoms with Crippen molar-refractivity contribution < 1.29 is 0 Å². The minimum Gasteiger partial charge on any atom is -0.373 e. The summed E-state index contributed by atoms with van der Waals surface area (Å²) in [5.74, 6) is 1.74. The smallest absolute Gasteiger partial charge is 0.180 e. The zero-order valence-electron chi connectivity index (χ0n) is 11.4. The van der Waals surface area contributed by atoms with E-state index in [0.717, 1.165) is 28.4 Å². The number of aromatic nitrogens is 3. The summed E-state index contributed by atoms with van der Waals surface area (Å²) in [7, 11) is 1.86. The summed E-state index contributed by atoms with van der Waals surface area (Å²) in [6.07, 6.45) is 3.67. The predicted octanol–water partition coefficient (Wildman–Crippen LogP) is 3.16. The van der Waals surface area contributed by atoms with Gasteiger partial charge in [0, 0.05) is 12.6 Å². The highest BCUT2D eigenvalue weighted by Crippen LogP contribution is 2.27. The normalized spacial score (nSPS) is 13.7. The van der Waals surface area contributed by atoms with Crippen LogP contribution >= 0.6 is 0 Å². The highest BCUT2D eigenvalue weighted by Gasteiger charge is 2.13. The number of hydrogen-bond acceptors (Lipinski definition) is 3. The van der Waals surface area contributed by atoms with Crippen LogP contribution in [0.4, 0.5) is 5.82 Å². The van der Waals surface area contributed by atoms with Gasteiger partial charge >= 0.3 is 0 Å². The SMILES string of the molecule is CNc1ccc2[nH]c(-c3ccc4c(c3)CCC4)nc2n1. The summed E-state index contributed by atoms with van der Waals surface area (Å²) in [6, 6.07) is 10.6. The maximum absolute atomic E-state index is 4.61. The van der Waals surface area contributed by atoms with E-state index < -0.39 is 0 Å². The van der Waals surface area contributed by atoms with E-state index >= 15 is 0 Å². The Hall–Kier alpha value is -2.36. The van der Waals surface area contributed by atoms with Crippen molar-refractivity contribution >= 4 is 17.0 Å². The van der Waals surface area contributed by atoms with Gasteiger partial charge in [0.15, 0.2) is 5.65 Å². The van der Waals surface area contributed by atoms with Crippen LogP contribution in [0.15, 0.2) is 30.3 Å². The number of aryl methyl sites for hydroxylation is 2.